The summed E-state index contributed by atoms with van der Waals surface area (Å²) < 4.78 is 0. The SMILES string of the molecule is CCCCCN1CCCC(NCCO)C1. The summed E-state index contributed by atoms with van der Waals surface area (Å²) in [6.45, 7) is 6.94. The molecule has 1 aliphatic heterocycles. The second kappa shape index (κ2) is 8.08. The van der Waals surface area contributed by atoms with Gasteiger partial charge in [-0.05, 0) is 32.4 Å². The van der Waals surface area contributed by atoms with Gasteiger partial charge in [0, 0.05) is 19.1 Å². The molecule has 1 aliphatic rings. The summed E-state index contributed by atoms with van der Waals surface area (Å²) in [5.74, 6) is 0. The second-order valence-electron chi connectivity index (χ2n) is 4.52. The Morgan fingerprint density at radius 2 is 2.27 bits per heavy atom. The first-order chi connectivity index (χ1) is 7.36. The van der Waals surface area contributed by atoms with E-state index in [0.29, 0.717) is 6.04 Å². The molecule has 0 amide bonds. The van der Waals surface area contributed by atoms with Crippen LogP contribution in [-0.4, -0.2) is 48.8 Å². The maximum atomic E-state index is 8.76. The molecule has 90 valence electrons. The Balaban J connectivity index is 2.11. The predicted octanol–water partition coefficient (Wildman–Crippen LogP) is 1.22. The molecule has 1 fully saturated rings. The van der Waals surface area contributed by atoms with Crippen LogP contribution in [0.2, 0.25) is 0 Å². The van der Waals surface area contributed by atoms with Gasteiger partial charge in [-0.25, -0.2) is 0 Å². The fourth-order valence-corrected chi connectivity index (χ4v) is 2.28. The average molecular weight is 214 g/mol. The topological polar surface area (TPSA) is 35.5 Å². The lowest BCUT2D eigenvalue weighted by atomic mass is 10.1. The van der Waals surface area contributed by atoms with Gasteiger partial charge < -0.3 is 15.3 Å². The molecule has 0 aromatic heterocycles. The van der Waals surface area contributed by atoms with Gasteiger partial charge in [0.1, 0.15) is 0 Å². The van der Waals surface area contributed by atoms with Crippen LogP contribution in [0.4, 0.5) is 0 Å². The van der Waals surface area contributed by atoms with Crippen molar-refractivity contribution < 1.29 is 5.11 Å². The predicted molar refractivity (Wildman–Crippen MR) is 64.1 cm³/mol. The Labute approximate surface area is 93.9 Å². The molecule has 0 aromatic rings. The van der Waals surface area contributed by atoms with Crippen LogP contribution in [0.3, 0.4) is 0 Å². The number of aliphatic hydroxyl groups excluding tert-OH is 1. The van der Waals surface area contributed by atoms with Crippen molar-refractivity contribution in [2.24, 2.45) is 0 Å². The van der Waals surface area contributed by atoms with Crippen LogP contribution in [0, 0.1) is 0 Å². The smallest absolute Gasteiger partial charge is 0.0556 e. The first-order valence-corrected chi connectivity index (χ1v) is 6.43. The van der Waals surface area contributed by atoms with Gasteiger partial charge in [-0.15, -0.1) is 0 Å². The molecular formula is C12H26N2O. The molecule has 15 heavy (non-hydrogen) atoms. The third-order valence-corrected chi connectivity index (χ3v) is 3.13. The highest BCUT2D eigenvalue weighted by molar-refractivity contribution is 4.77. The summed E-state index contributed by atoms with van der Waals surface area (Å²) in [5.41, 5.74) is 0. The molecule has 0 aromatic carbocycles. The van der Waals surface area contributed by atoms with Crippen molar-refractivity contribution >= 4 is 0 Å². The van der Waals surface area contributed by atoms with Crippen molar-refractivity contribution in [2.75, 3.05) is 32.8 Å². The molecule has 1 atom stereocenters. The van der Waals surface area contributed by atoms with Crippen LogP contribution < -0.4 is 5.32 Å². The number of likely N-dealkylation sites (tertiary alicyclic amines) is 1. The summed E-state index contributed by atoms with van der Waals surface area (Å²) in [6, 6.07) is 0.604. The number of rotatable bonds is 7. The lowest BCUT2D eigenvalue weighted by Gasteiger charge is -2.33. The van der Waals surface area contributed by atoms with Gasteiger partial charge in [0.2, 0.25) is 0 Å². The molecule has 0 spiro atoms. The summed E-state index contributed by atoms with van der Waals surface area (Å²) in [6.07, 6.45) is 6.56. The van der Waals surface area contributed by atoms with Gasteiger partial charge in [-0.2, -0.15) is 0 Å². The molecule has 1 unspecified atom stereocenters. The Kier molecular flexibility index (Phi) is 6.98. The van der Waals surface area contributed by atoms with E-state index in [2.05, 4.69) is 17.1 Å². The lowest BCUT2D eigenvalue weighted by molar-refractivity contribution is 0.180. The Morgan fingerprint density at radius 1 is 1.40 bits per heavy atom. The Hall–Kier alpha value is -0.120. The maximum absolute atomic E-state index is 8.76. The first kappa shape index (κ1) is 12.9. The second-order valence-corrected chi connectivity index (χ2v) is 4.52. The van der Waals surface area contributed by atoms with Gasteiger partial charge >= 0.3 is 0 Å². The zero-order valence-electron chi connectivity index (χ0n) is 10.0. The first-order valence-electron chi connectivity index (χ1n) is 6.43. The van der Waals surface area contributed by atoms with E-state index < -0.39 is 0 Å². The highest BCUT2D eigenvalue weighted by Crippen LogP contribution is 2.11. The maximum Gasteiger partial charge on any atom is 0.0556 e. The van der Waals surface area contributed by atoms with Crippen molar-refractivity contribution in [1.29, 1.82) is 0 Å². The van der Waals surface area contributed by atoms with E-state index in [1.54, 1.807) is 0 Å². The summed E-state index contributed by atoms with van der Waals surface area (Å²) >= 11 is 0. The minimum atomic E-state index is 0.256. The molecule has 3 heteroatoms. The molecule has 1 heterocycles. The minimum Gasteiger partial charge on any atom is -0.395 e. The van der Waals surface area contributed by atoms with Crippen LogP contribution in [0.15, 0.2) is 0 Å². The van der Waals surface area contributed by atoms with Crippen LogP contribution in [0.5, 0.6) is 0 Å². The van der Waals surface area contributed by atoms with E-state index in [-0.39, 0.29) is 6.61 Å². The van der Waals surface area contributed by atoms with Crippen molar-refractivity contribution in [3.63, 3.8) is 0 Å². The lowest BCUT2D eigenvalue weighted by Crippen LogP contribution is -2.46. The van der Waals surface area contributed by atoms with E-state index in [4.69, 9.17) is 5.11 Å². The number of piperidine rings is 1. The van der Waals surface area contributed by atoms with Crippen LogP contribution >= 0.6 is 0 Å². The van der Waals surface area contributed by atoms with Gasteiger partial charge in [0.25, 0.3) is 0 Å². The molecule has 0 radical (unpaired) electrons. The zero-order valence-corrected chi connectivity index (χ0v) is 10.0. The van der Waals surface area contributed by atoms with E-state index in [1.807, 2.05) is 0 Å². The van der Waals surface area contributed by atoms with Crippen molar-refractivity contribution in [3.05, 3.63) is 0 Å². The van der Waals surface area contributed by atoms with Crippen LogP contribution in [0.25, 0.3) is 0 Å². The number of aliphatic hydroxyl groups is 1. The standard InChI is InChI=1S/C12H26N2O/c1-2-3-4-8-14-9-5-6-12(11-14)13-7-10-15/h12-13,15H,2-11H2,1H3. The van der Waals surface area contributed by atoms with Crippen molar-refractivity contribution in [2.45, 2.75) is 45.1 Å². The summed E-state index contributed by atoms with van der Waals surface area (Å²) in [5, 5.41) is 12.2. The fourth-order valence-electron chi connectivity index (χ4n) is 2.28. The molecular weight excluding hydrogens is 188 g/mol. The van der Waals surface area contributed by atoms with Crippen LogP contribution in [-0.2, 0) is 0 Å². The third-order valence-electron chi connectivity index (χ3n) is 3.13. The van der Waals surface area contributed by atoms with Gasteiger partial charge in [0.15, 0.2) is 0 Å². The van der Waals surface area contributed by atoms with Gasteiger partial charge in [0.05, 0.1) is 6.61 Å². The van der Waals surface area contributed by atoms with Crippen LogP contribution in [0.1, 0.15) is 39.0 Å². The third kappa shape index (κ3) is 5.50. The number of nitrogens with zero attached hydrogens (tertiary/aromatic N) is 1. The number of hydrogen-bond donors (Lipinski definition) is 2. The highest BCUT2D eigenvalue weighted by Gasteiger charge is 2.18. The molecule has 1 saturated heterocycles. The van der Waals surface area contributed by atoms with Crippen molar-refractivity contribution in [3.8, 4) is 0 Å². The van der Waals surface area contributed by atoms with Gasteiger partial charge in [-0.1, -0.05) is 19.8 Å². The summed E-state index contributed by atoms with van der Waals surface area (Å²) in [4.78, 5) is 2.56. The number of hydrogen-bond acceptors (Lipinski definition) is 3. The monoisotopic (exact) mass is 214 g/mol. The molecule has 0 saturated carbocycles. The van der Waals surface area contributed by atoms with Gasteiger partial charge in [-0.3, -0.25) is 0 Å². The summed E-state index contributed by atoms with van der Waals surface area (Å²) in [7, 11) is 0. The highest BCUT2D eigenvalue weighted by atomic mass is 16.3. The molecule has 1 rings (SSSR count). The number of nitrogens with one attached hydrogen (secondary N) is 1. The largest absolute Gasteiger partial charge is 0.395 e. The molecule has 2 N–H and O–H groups in total. The zero-order chi connectivity index (χ0) is 10.9. The van der Waals surface area contributed by atoms with E-state index >= 15 is 0 Å². The fraction of sp³-hybridized carbons (Fsp3) is 1.00. The Morgan fingerprint density at radius 3 is 3.00 bits per heavy atom. The molecule has 3 nitrogen and oxygen atoms in total. The van der Waals surface area contributed by atoms with E-state index in [9.17, 15) is 0 Å². The quantitative estimate of drug-likeness (QED) is 0.626. The Bertz CT molecular complexity index is 153. The number of unbranched alkanes of at least 4 members (excludes halogenated alkanes) is 2. The molecule has 0 bridgehead atoms. The van der Waals surface area contributed by atoms with E-state index in [1.165, 1.54) is 51.7 Å². The van der Waals surface area contributed by atoms with E-state index in [0.717, 1.165) is 6.54 Å². The normalized spacial score (nSPS) is 23.2. The minimum absolute atomic E-state index is 0.256. The molecule has 0 aliphatic carbocycles. The average Bonchev–Trinajstić information content (AvgIpc) is 2.27. The van der Waals surface area contributed by atoms with Crippen molar-refractivity contribution in [1.82, 2.24) is 10.2 Å².